The molecule has 0 spiro atoms. The van der Waals surface area contributed by atoms with E-state index in [0.29, 0.717) is 22.2 Å². The molecule has 2 aromatic rings. The highest BCUT2D eigenvalue weighted by Gasteiger charge is 2.21. The molecule has 1 fully saturated rings. The summed E-state index contributed by atoms with van der Waals surface area (Å²) in [6, 6.07) is 1.75. The van der Waals surface area contributed by atoms with E-state index in [2.05, 4.69) is 9.97 Å². The zero-order valence-electron chi connectivity index (χ0n) is 8.95. The molecule has 0 amide bonds. The monoisotopic (exact) mass is 236 g/mol. The van der Waals surface area contributed by atoms with Crippen molar-refractivity contribution >= 4 is 22.8 Å². The molecule has 0 aromatic carbocycles. The summed E-state index contributed by atoms with van der Waals surface area (Å²) in [5.74, 6) is 1.27. The van der Waals surface area contributed by atoms with Crippen molar-refractivity contribution in [3.8, 4) is 0 Å². The lowest BCUT2D eigenvalue weighted by Crippen LogP contribution is -2.04. The highest BCUT2D eigenvalue weighted by Crippen LogP contribution is 2.34. The molecule has 4 heteroatoms. The zero-order chi connectivity index (χ0) is 11.0. The Hall–Kier alpha value is -1.09. The van der Waals surface area contributed by atoms with Crippen molar-refractivity contribution in [1.29, 1.82) is 0 Å². The summed E-state index contributed by atoms with van der Waals surface area (Å²) in [7, 11) is 0. The van der Waals surface area contributed by atoms with Crippen molar-refractivity contribution < 1.29 is 4.42 Å². The number of rotatable bonds is 1. The Balaban J connectivity index is 2.01. The van der Waals surface area contributed by atoms with E-state index < -0.39 is 0 Å². The highest BCUT2D eigenvalue weighted by atomic mass is 35.5. The number of hydrogen-bond acceptors (Lipinski definition) is 3. The van der Waals surface area contributed by atoms with Gasteiger partial charge >= 0.3 is 0 Å². The van der Waals surface area contributed by atoms with Gasteiger partial charge in [-0.25, -0.2) is 9.97 Å². The van der Waals surface area contributed by atoms with Gasteiger partial charge in [0.2, 0.25) is 11.6 Å². The van der Waals surface area contributed by atoms with Gasteiger partial charge in [-0.15, -0.1) is 0 Å². The summed E-state index contributed by atoms with van der Waals surface area (Å²) < 4.78 is 5.68. The van der Waals surface area contributed by atoms with Crippen LogP contribution in [0.25, 0.3) is 11.2 Å². The Bertz CT molecular complexity index is 503. The first kappa shape index (κ1) is 10.1. The van der Waals surface area contributed by atoms with Crippen LogP contribution >= 0.6 is 11.6 Å². The number of oxazole rings is 1. The summed E-state index contributed by atoms with van der Waals surface area (Å²) in [4.78, 5) is 8.62. The molecule has 1 saturated carbocycles. The standard InChI is InChI=1S/C12H13ClN2O/c13-9-6-7-14-12-10(9)15-11(16-12)8-4-2-1-3-5-8/h6-8H,1-5H2. The number of hydrogen-bond donors (Lipinski definition) is 0. The lowest BCUT2D eigenvalue weighted by molar-refractivity contribution is 0.371. The van der Waals surface area contributed by atoms with Crippen molar-refractivity contribution in [2.24, 2.45) is 0 Å². The molecule has 2 heterocycles. The minimum Gasteiger partial charge on any atom is -0.422 e. The first-order valence-electron chi connectivity index (χ1n) is 5.75. The van der Waals surface area contributed by atoms with E-state index >= 15 is 0 Å². The number of nitrogens with zero attached hydrogens (tertiary/aromatic N) is 2. The third kappa shape index (κ3) is 1.69. The summed E-state index contributed by atoms with van der Waals surface area (Å²) in [6.45, 7) is 0. The normalized spacial score (nSPS) is 18.1. The topological polar surface area (TPSA) is 38.9 Å². The molecular formula is C12H13ClN2O. The highest BCUT2D eigenvalue weighted by molar-refractivity contribution is 6.34. The molecule has 16 heavy (non-hydrogen) atoms. The van der Waals surface area contributed by atoms with Crippen LogP contribution in [0.1, 0.15) is 43.9 Å². The molecule has 1 aliphatic carbocycles. The Morgan fingerprint density at radius 2 is 2.06 bits per heavy atom. The lowest BCUT2D eigenvalue weighted by Gasteiger charge is -2.17. The average Bonchev–Trinajstić information content (AvgIpc) is 2.76. The van der Waals surface area contributed by atoms with Crippen LogP contribution in [0.5, 0.6) is 0 Å². The van der Waals surface area contributed by atoms with Crippen molar-refractivity contribution in [2.75, 3.05) is 0 Å². The molecule has 2 aromatic heterocycles. The summed E-state index contributed by atoms with van der Waals surface area (Å²) >= 11 is 6.05. The average molecular weight is 237 g/mol. The van der Waals surface area contributed by atoms with Crippen LogP contribution in [0.4, 0.5) is 0 Å². The van der Waals surface area contributed by atoms with Gasteiger partial charge in [-0.2, -0.15) is 0 Å². The largest absolute Gasteiger partial charge is 0.422 e. The van der Waals surface area contributed by atoms with Crippen LogP contribution < -0.4 is 0 Å². The van der Waals surface area contributed by atoms with Gasteiger partial charge in [-0.3, -0.25) is 0 Å². The molecule has 0 radical (unpaired) electrons. The van der Waals surface area contributed by atoms with Crippen LogP contribution in [-0.4, -0.2) is 9.97 Å². The van der Waals surface area contributed by atoms with Gasteiger partial charge < -0.3 is 4.42 Å². The Morgan fingerprint density at radius 3 is 2.81 bits per heavy atom. The van der Waals surface area contributed by atoms with E-state index in [1.54, 1.807) is 12.3 Å². The molecule has 0 bridgehead atoms. The van der Waals surface area contributed by atoms with Crippen molar-refractivity contribution in [3.05, 3.63) is 23.2 Å². The van der Waals surface area contributed by atoms with Crippen LogP contribution in [0.2, 0.25) is 5.02 Å². The van der Waals surface area contributed by atoms with Crippen molar-refractivity contribution in [1.82, 2.24) is 9.97 Å². The summed E-state index contributed by atoms with van der Waals surface area (Å²) in [5, 5.41) is 0.621. The minimum absolute atomic E-state index is 0.457. The van der Waals surface area contributed by atoms with Gasteiger partial charge in [0.1, 0.15) is 5.52 Å². The second kappa shape index (κ2) is 4.06. The van der Waals surface area contributed by atoms with Crippen LogP contribution in [0.3, 0.4) is 0 Å². The maximum absolute atomic E-state index is 6.05. The second-order valence-electron chi connectivity index (χ2n) is 4.33. The predicted octanol–water partition coefficient (Wildman–Crippen LogP) is 3.92. The minimum atomic E-state index is 0.457. The van der Waals surface area contributed by atoms with Crippen molar-refractivity contribution in [3.63, 3.8) is 0 Å². The molecule has 0 aliphatic heterocycles. The molecule has 0 saturated heterocycles. The van der Waals surface area contributed by atoms with Gasteiger partial charge in [0.05, 0.1) is 5.02 Å². The zero-order valence-corrected chi connectivity index (χ0v) is 9.70. The van der Waals surface area contributed by atoms with E-state index in [9.17, 15) is 0 Å². The van der Waals surface area contributed by atoms with E-state index in [0.717, 1.165) is 5.89 Å². The van der Waals surface area contributed by atoms with Crippen LogP contribution in [0.15, 0.2) is 16.7 Å². The molecule has 0 unspecified atom stereocenters. The number of aromatic nitrogens is 2. The first-order valence-corrected chi connectivity index (χ1v) is 6.13. The number of fused-ring (bicyclic) bond motifs is 1. The molecule has 0 atom stereocenters. The maximum Gasteiger partial charge on any atom is 0.248 e. The number of halogens is 1. The molecule has 1 aliphatic rings. The Morgan fingerprint density at radius 1 is 1.25 bits per heavy atom. The summed E-state index contributed by atoms with van der Waals surface area (Å²) in [6.07, 6.45) is 7.86. The predicted molar refractivity (Wildman–Crippen MR) is 62.6 cm³/mol. The van der Waals surface area contributed by atoms with Gasteiger partial charge in [0.15, 0.2) is 0 Å². The third-order valence-electron chi connectivity index (χ3n) is 3.22. The van der Waals surface area contributed by atoms with Crippen LogP contribution in [-0.2, 0) is 0 Å². The second-order valence-corrected chi connectivity index (χ2v) is 4.74. The smallest absolute Gasteiger partial charge is 0.248 e. The fraction of sp³-hybridized carbons (Fsp3) is 0.500. The molecule has 84 valence electrons. The Kier molecular flexibility index (Phi) is 2.56. The summed E-state index contributed by atoms with van der Waals surface area (Å²) in [5.41, 5.74) is 1.26. The van der Waals surface area contributed by atoms with E-state index in [4.69, 9.17) is 16.0 Å². The van der Waals surface area contributed by atoms with Gasteiger partial charge in [-0.1, -0.05) is 30.9 Å². The van der Waals surface area contributed by atoms with E-state index in [-0.39, 0.29) is 0 Å². The third-order valence-corrected chi connectivity index (χ3v) is 3.52. The van der Waals surface area contributed by atoms with Gasteiger partial charge in [0.25, 0.3) is 0 Å². The Labute approximate surface area is 98.8 Å². The fourth-order valence-electron chi connectivity index (χ4n) is 2.34. The quantitative estimate of drug-likeness (QED) is 0.753. The van der Waals surface area contributed by atoms with Crippen LogP contribution in [0, 0.1) is 0 Å². The van der Waals surface area contributed by atoms with E-state index in [1.165, 1.54) is 32.1 Å². The molecule has 0 N–H and O–H groups in total. The molecule has 3 rings (SSSR count). The lowest BCUT2D eigenvalue weighted by atomic mass is 9.89. The molecule has 3 nitrogen and oxygen atoms in total. The first-order chi connectivity index (χ1) is 7.84. The SMILES string of the molecule is Clc1ccnc2oc(C3CCCCC3)nc12. The van der Waals surface area contributed by atoms with Gasteiger partial charge in [0, 0.05) is 12.1 Å². The molecular weight excluding hydrogens is 224 g/mol. The van der Waals surface area contributed by atoms with E-state index in [1.807, 2.05) is 0 Å². The van der Waals surface area contributed by atoms with Crippen molar-refractivity contribution in [2.45, 2.75) is 38.0 Å². The van der Waals surface area contributed by atoms with Gasteiger partial charge in [-0.05, 0) is 18.9 Å². The number of pyridine rings is 1. The fourth-order valence-corrected chi connectivity index (χ4v) is 2.52. The maximum atomic E-state index is 6.05.